The molecule has 2 N–H and O–H groups in total. The van der Waals surface area contributed by atoms with Gasteiger partial charge in [0.1, 0.15) is 5.01 Å². The summed E-state index contributed by atoms with van der Waals surface area (Å²) in [5.41, 5.74) is 6.59. The van der Waals surface area contributed by atoms with Crippen LogP contribution in [0.2, 0.25) is 0 Å². The summed E-state index contributed by atoms with van der Waals surface area (Å²) >= 11 is 5.35. The molecule has 0 aliphatic carbocycles. The standard InChI is InChI=1S/C9H15BrN2S/c1-2-3-8(10)9-12-7(4-5-11)6-13-9/h6,8H,2-5,11H2,1H3. The average Bonchev–Trinajstić information content (AvgIpc) is 2.54. The fraction of sp³-hybridized carbons (Fsp3) is 0.667. The maximum absolute atomic E-state index is 5.46. The molecule has 0 aliphatic heterocycles. The van der Waals surface area contributed by atoms with Crippen LogP contribution in [0, 0.1) is 0 Å². The Morgan fingerprint density at radius 1 is 1.69 bits per heavy atom. The molecule has 4 heteroatoms. The Kier molecular flexibility index (Phi) is 4.91. The first-order chi connectivity index (χ1) is 6.27. The zero-order valence-electron chi connectivity index (χ0n) is 7.79. The van der Waals surface area contributed by atoms with Gasteiger partial charge in [-0.25, -0.2) is 4.98 Å². The monoisotopic (exact) mass is 262 g/mol. The number of thiazole rings is 1. The first-order valence-electron chi connectivity index (χ1n) is 4.56. The van der Waals surface area contributed by atoms with Crippen LogP contribution in [0.4, 0.5) is 0 Å². The molecule has 0 saturated heterocycles. The largest absolute Gasteiger partial charge is 0.330 e. The molecule has 1 rings (SSSR count). The van der Waals surface area contributed by atoms with Crippen molar-refractivity contribution >= 4 is 27.3 Å². The lowest BCUT2D eigenvalue weighted by Gasteiger charge is -2.02. The van der Waals surface area contributed by atoms with E-state index in [0.717, 1.165) is 18.5 Å². The molecular formula is C9H15BrN2S. The molecule has 0 aromatic carbocycles. The second kappa shape index (κ2) is 5.73. The zero-order chi connectivity index (χ0) is 9.68. The van der Waals surface area contributed by atoms with Crippen LogP contribution in [0.15, 0.2) is 5.38 Å². The third kappa shape index (κ3) is 3.37. The molecule has 1 atom stereocenters. The summed E-state index contributed by atoms with van der Waals surface area (Å²) in [7, 11) is 0. The van der Waals surface area contributed by atoms with Crippen molar-refractivity contribution in [3.63, 3.8) is 0 Å². The highest BCUT2D eigenvalue weighted by atomic mass is 79.9. The van der Waals surface area contributed by atoms with E-state index in [1.165, 1.54) is 11.4 Å². The summed E-state index contributed by atoms with van der Waals surface area (Å²) < 4.78 is 0. The third-order valence-corrected chi connectivity index (χ3v) is 3.98. The van der Waals surface area contributed by atoms with Crippen LogP contribution in [0.3, 0.4) is 0 Å². The minimum atomic E-state index is 0.425. The van der Waals surface area contributed by atoms with Crippen molar-refractivity contribution < 1.29 is 0 Å². The van der Waals surface area contributed by atoms with Crippen LogP contribution in [0.1, 0.15) is 35.3 Å². The van der Waals surface area contributed by atoms with Gasteiger partial charge in [0.2, 0.25) is 0 Å². The molecule has 1 aromatic rings. The molecule has 0 fully saturated rings. The number of halogens is 1. The molecule has 0 aliphatic rings. The van der Waals surface area contributed by atoms with Crippen LogP contribution < -0.4 is 5.73 Å². The number of nitrogens with two attached hydrogens (primary N) is 1. The van der Waals surface area contributed by atoms with Crippen molar-refractivity contribution in [2.45, 2.75) is 31.0 Å². The van der Waals surface area contributed by atoms with Gasteiger partial charge in [-0.05, 0) is 13.0 Å². The van der Waals surface area contributed by atoms with E-state index in [1.807, 2.05) is 0 Å². The molecule has 0 spiro atoms. The number of hydrogen-bond donors (Lipinski definition) is 1. The van der Waals surface area contributed by atoms with Crippen molar-refractivity contribution in [2.24, 2.45) is 5.73 Å². The van der Waals surface area contributed by atoms with E-state index < -0.39 is 0 Å². The van der Waals surface area contributed by atoms with Gasteiger partial charge in [0.25, 0.3) is 0 Å². The summed E-state index contributed by atoms with van der Waals surface area (Å²) in [6.07, 6.45) is 3.22. The van der Waals surface area contributed by atoms with Gasteiger partial charge in [-0.3, -0.25) is 0 Å². The smallest absolute Gasteiger partial charge is 0.106 e. The summed E-state index contributed by atoms with van der Waals surface area (Å²) in [6.45, 7) is 2.87. The van der Waals surface area contributed by atoms with E-state index in [1.54, 1.807) is 11.3 Å². The number of nitrogens with zero attached hydrogens (tertiary/aromatic N) is 1. The van der Waals surface area contributed by atoms with Gasteiger partial charge < -0.3 is 5.73 Å². The number of rotatable bonds is 5. The van der Waals surface area contributed by atoms with Crippen molar-refractivity contribution in [3.05, 3.63) is 16.1 Å². The van der Waals surface area contributed by atoms with Crippen LogP contribution >= 0.6 is 27.3 Å². The lowest BCUT2D eigenvalue weighted by atomic mass is 10.2. The average molecular weight is 263 g/mol. The van der Waals surface area contributed by atoms with Crippen LogP contribution in [0.25, 0.3) is 0 Å². The van der Waals surface area contributed by atoms with Crippen molar-refractivity contribution in [2.75, 3.05) is 6.54 Å². The first kappa shape index (κ1) is 11.1. The highest BCUT2D eigenvalue weighted by molar-refractivity contribution is 9.09. The summed E-state index contributed by atoms with van der Waals surface area (Å²) in [6, 6.07) is 0. The van der Waals surface area contributed by atoms with E-state index in [-0.39, 0.29) is 0 Å². The molecule has 2 nitrogen and oxygen atoms in total. The Bertz CT molecular complexity index is 250. The SMILES string of the molecule is CCCC(Br)c1nc(CCN)cs1. The first-order valence-corrected chi connectivity index (χ1v) is 6.36. The number of aromatic nitrogens is 1. The van der Waals surface area contributed by atoms with Gasteiger partial charge in [0.15, 0.2) is 0 Å². The van der Waals surface area contributed by atoms with E-state index in [0.29, 0.717) is 11.4 Å². The van der Waals surface area contributed by atoms with Crippen molar-refractivity contribution in [1.82, 2.24) is 4.98 Å². The number of alkyl halides is 1. The Morgan fingerprint density at radius 3 is 3.08 bits per heavy atom. The fourth-order valence-electron chi connectivity index (χ4n) is 1.11. The normalized spacial score (nSPS) is 13.2. The van der Waals surface area contributed by atoms with Crippen molar-refractivity contribution in [3.8, 4) is 0 Å². The third-order valence-electron chi connectivity index (χ3n) is 1.78. The topological polar surface area (TPSA) is 38.9 Å². The summed E-state index contributed by atoms with van der Waals surface area (Å²) in [4.78, 5) is 4.94. The second-order valence-electron chi connectivity index (χ2n) is 2.97. The summed E-state index contributed by atoms with van der Waals surface area (Å²) in [5.74, 6) is 0. The highest BCUT2D eigenvalue weighted by Gasteiger charge is 2.10. The summed E-state index contributed by atoms with van der Waals surface area (Å²) in [5, 5.41) is 3.29. The van der Waals surface area contributed by atoms with Gasteiger partial charge >= 0.3 is 0 Å². The van der Waals surface area contributed by atoms with Gasteiger partial charge in [-0.1, -0.05) is 29.3 Å². The van der Waals surface area contributed by atoms with Crippen molar-refractivity contribution in [1.29, 1.82) is 0 Å². The molecule has 1 aromatic heterocycles. The minimum Gasteiger partial charge on any atom is -0.330 e. The maximum Gasteiger partial charge on any atom is 0.106 e. The Morgan fingerprint density at radius 2 is 2.46 bits per heavy atom. The van der Waals surface area contributed by atoms with Gasteiger partial charge in [-0.15, -0.1) is 11.3 Å². The van der Waals surface area contributed by atoms with E-state index >= 15 is 0 Å². The molecule has 0 radical (unpaired) electrons. The molecule has 0 amide bonds. The lowest BCUT2D eigenvalue weighted by molar-refractivity contribution is 0.777. The Hall–Kier alpha value is 0.0700. The van der Waals surface area contributed by atoms with Gasteiger partial charge in [0.05, 0.1) is 10.5 Å². The molecule has 74 valence electrons. The lowest BCUT2D eigenvalue weighted by Crippen LogP contribution is -2.03. The molecular weight excluding hydrogens is 248 g/mol. The van der Waals surface area contributed by atoms with Crippen LogP contribution in [0.5, 0.6) is 0 Å². The van der Waals surface area contributed by atoms with Gasteiger partial charge in [-0.2, -0.15) is 0 Å². The fourth-order valence-corrected chi connectivity index (χ4v) is 2.85. The highest BCUT2D eigenvalue weighted by Crippen LogP contribution is 2.29. The molecule has 0 saturated carbocycles. The molecule has 1 unspecified atom stereocenters. The number of hydrogen-bond acceptors (Lipinski definition) is 3. The molecule has 13 heavy (non-hydrogen) atoms. The molecule has 0 bridgehead atoms. The quantitative estimate of drug-likeness (QED) is 0.829. The van der Waals surface area contributed by atoms with Gasteiger partial charge in [0, 0.05) is 11.8 Å². The predicted molar refractivity (Wildman–Crippen MR) is 61.4 cm³/mol. The van der Waals surface area contributed by atoms with Crippen LogP contribution in [-0.4, -0.2) is 11.5 Å². The minimum absolute atomic E-state index is 0.425. The Balaban J connectivity index is 2.56. The predicted octanol–water partition coefficient (Wildman–Crippen LogP) is 2.88. The van der Waals surface area contributed by atoms with E-state index in [2.05, 4.69) is 33.2 Å². The van der Waals surface area contributed by atoms with Crippen LogP contribution in [-0.2, 0) is 6.42 Å². The zero-order valence-corrected chi connectivity index (χ0v) is 10.2. The molecule has 1 heterocycles. The second-order valence-corrected chi connectivity index (χ2v) is 4.97. The maximum atomic E-state index is 5.46. The van der Waals surface area contributed by atoms with E-state index in [4.69, 9.17) is 5.73 Å². The van der Waals surface area contributed by atoms with E-state index in [9.17, 15) is 0 Å². The Labute approximate surface area is 91.7 Å².